The van der Waals surface area contributed by atoms with E-state index in [1.807, 2.05) is 6.07 Å². The molecule has 2 rings (SSSR count). The van der Waals surface area contributed by atoms with Crippen LogP contribution < -0.4 is 20.1 Å². The topological polar surface area (TPSA) is 42.5 Å². The van der Waals surface area contributed by atoms with Crippen LogP contribution in [0.4, 0.5) is 0 Å². The van der Waals surface area contributed by atoms with E-state index in [0.717, 1.165) is 37.7 Å². The van der Waals surface area contributed by atoms with Gasteiger partial charge in [0.05, 0.1) is 0 Å². The molecule has 4 nitrogen and oxygen atoms in total. The Kier molecular flexibility index (Phi) is 5.30. The summed E-state index contributed by atoms with van der Waals surface area (Å²) in [5.41, 5.74) is 1.23. The predicted octanol–water partition coefficient (Wildman–Crippen LogP) is 1.55. The van der Waals surface area contributed by atoms with E-state index in [-0.39, 0.29) is 0 Å². The third kappa shape index (κ3) is 3.89. The summed E-state index contributed by atoms with van der Waals surface area (Å²) in [6.45, 7) is 7.41. The molecule has 1 aliphatic heterocycles. The summed E-state index contributed by atoms with van der Waals surface area (Å²) < 4.78 is 11.1. The third-order valence-corrected chi connectivity index (χ3v) is 2.84. The van der Waals surface area contributed by atoms with Crippen molar-refractivity contribution in [2.45, 2.75) is 19.9 Å². The number of nitrogens with one attached hydrogen (secondary N) is 2. The van der Waals surface area contributed by atoms with Crippen LogP contribution in [0.15, 0.2) is 18.2 Å². The maximum Gasteiger partial charge on any atom is 0.161 e. The average molecular weight is 250 g/mol. The van der Waals surface area contributed by atoms with Crippen molar-refractivity contribution < 1.29 is 9.47 Å². The van der Waals surface area contributed by atoms with Crippen molar-refractivity contribution in [2.24, 2.45) is 0 Å². The van der Waals surface area contributed by atoms with Crippen molar-refractivity contribution in [3.8, 4) is 11.5 Å². The zero-order chi connectivity index (χ0) is 12.6. The quantitative estimate of drug-likeness (QED) is 0.721. The van der Waals surface area contributed by atoms with Crippen molar-refractivity contribution >= 4 is 0 Å². The molecule has 0 aromatic heterocycles. The fourth-order valence-electron chi connectivity index (χ4n) is 1.91. The minimum Gasteiger partial charge on any atom is -0.486 e. The number of hydrogen-bond acceptors (Lipinski definition) is 4. The van der Waals surface area contributed by atoms with Crippen molar-refractivity contribution in [2.75, 3.05) is 32.8 Å². The molecule has 0 bridgehead atoms. The monoisotopic (exact) mass is 250 g/mol. The molecule has 1 heterocycles. The van der Waals surface area contributed by atoms with Crippen LogP contribution in [0.2, 0.25) is 0 Å². The molecule has 1 aliphatic rings. The Balaban J connectivity index is 1.72. The standard InChI is InChI=1S/C14H22N2O2/c1-2-5-15-6-7-16-11-12-3-4-13-14(10-12)18-9-8-17-13/h3-4,10,15-16H,2,5-9,11H2,1H3. The Morgan fingerprint density at radius 3 is 2.61 bits per heavy atom. The maximum absolute atomic E-state index is 5.56. The van der Waals surface area contributed by atoms with E-state index in [9.17, 15) is 0 Å². The van der Waals surface area contributed by atoms with E-state index in [0.29, 0.717) is 13.2 Å². The highest BCUT2D eigenvalue weighted by Crippen LogP contribution is 2.30. The van der Waals surface area contributed by atoms with Crippen LogP contribution in [-0.4, -0.2) is 32.8 Å². The number of ether oxygens (including phenoxy) is 2. The molecule has 0 unspecified atom stereocenters. The molecular weight excluding hydrogens is 228 g/mol. The highest BCUT2D eigenvalue weighted by atomic mass is 16.6. The van der Waals surface area contributed by atoms with Gasteiger partial charge in [0, 0.05) is 19.6 Å². The molecule has 18 heavy (non-hydrogen) atoms. The first-order chi connectivity index (χ1) is 8.90. The van der Waals surface area contributed by atoms with Gasteiger partial charge in [-0.2, -0.15) is 0 Å². The molecule has 0 fully saturated rings. The molecule has 100 valence electrons. The molecule has 0 atom stereocenters. The minimum absolute atomic E-state index is 0.644. The van der Waals surface area contributed by atoms with Crippen LogP contribution in [0.5, 0.6) is 11.5 Å². The van der Waals surface area contributed by atoms with Crippen LogP contribution in [0, 0.1) is 0 Å². The van der Waals surface area contributed by atoms with Gasteiger partial charge in [-0.15, -0.1) is 0 Å². The lowest BCUT2D eigenvalue weighted by atomic mass is 10.2. The fraction of sp³-hybridized carbons (Fsp3) is 0.571. The Morgan fingerprint density at radius 2 is 1.78 bits per heavy atom. The average Bonchev–Trinajstić information content (AvgIpc) is 2.42. The van der Waals surface area contributed by atoms with Crippen molar-refractivity contribution in [3.05, 3.63) is 23.8 Å². The largest absolute Gasteiger partial charge is 0.486 e. The Morgan fingerprint density at radius 1 is 1.00 bits per heavy atom. The van der Waals surface area contributed by atoms with E-state index >= 15 is 0 Å². The first kappa shape index (κ1) is 13.2. The summed E-state index contributed by atoms with van der Waals surface area (Å²) in [6.07, 6.45) is 1.18. The molecule has 0 radical (unpaired) electrons. The fourth-order valence-corrected chi connectivity index (χ4v) is 1.91. The van der Waals surface area contributed by atoms with E-state index in [1.54, 1.807) is 0 Å². The highest BCUT2D eigenvalue weighted by Gasteiger charge is 2.11. The van der Waals surface area contributed by atoms with Gasteiger partial charge in [0.2, 0.25) is 0 Å². The van der Waals surface area contributed by atoms with Gasteiger partial charge >= 0.3 is 0 Å². The lowest BCUT2D eigenvalue weighted by Gasteiger charge is -2.19. The maximum atomic E-state index is 5.56. The summed E-state index contributed by atoms with van der Waals surface area (Å²) in [5, 5.41) is 6.77. The van der Waals surface area contributed by atoms with Gasteiger partial charge in [-0.25, -0.2) is 0 Å². The second kappa shape index (κ2) is 7.24. The molecule has 1 aromatic rings. The minimum atomic E-state index is 0.644. The van der Waals surface area contributed by atoms with Gasteiger partial charge in [-0.1, -0.05) is 13.0 Å². The molecule has 0 aliphatic carbocycles. The first-order valence-electron chi connectivity index (χ1n) is 6.70. The molecule has 0 spiro atoms. The van der Waals surface area contributed by atoms with Crippen molar-refractivity contribution in [1.29, 1.82) is 0 Å². The lowest BCUT2D eigenvalue weighted by Crippen LogP contribution is -2.27. The van der Waals surface area contributed by atoms with Gasteiger partial charge in [0.25, 0.3) is 0 Å². The number of fused-ring (bicyclic) bond motifs is 1. The van der Waals surface area contributed by atoms with E-state index in [2.05, 4.69) is 29.7 Å². The Labute approximate surface area is 109 Å². The lowest BCUT2D eigenvalue weighted by molar-refractivity contribution is 0.171. The van der Waals surface area contributed by atoms with E-state index in [1.165, 1.54) is 12.0 Å². The Hall–Kier alpha value is -1.26. The van der Waals surface area contributed by atoms with Crippen LogP contribution in [-0.2, 0) is 6.54 Å². The van der Waals surface area contributed by atoms with Gasteiger partial charge in [-0.3, -0.25) is 0 Å². The molecule has 0 amide bonds. The van der Waals surface area contributed by atoms with Crippen LogP contribution in [0.1, 0.15) is 18.9 Å². The SMILES string of the molecule is CCCNCCNCc1ccc2c(c1)OCCO2. The molecule has 4 heteroatoms. The summed E-state index contributed by atoms with van der Waals surface area (Å²) in [4.78, 5) is 0. The Bertz CT molecular complexity index is 369. The van der Waals surface area contributed by atoms with E-state index in [4.69, 9.17) is 9.47 Å². The summed E-state index contributed by atoms with van der Waals surface area (Å²) >= 11 is 0. The highest BCUT2D eigenvalue weighted by molar-refractivity contribution is 5.43. The normalized spacial score (nSPS) is 13.6. The van der Waals surface area contributed by atoms with Crippen LogP contribution in [0.3, 0.4) is 0 Å². The van der Waals surface area contributed by atoms with Crippen molar-refractivity contribution in [3.63, 3.8) is 0 Å². The third-order valence-electron chi connectivity index (χ3n) is 2.84. The molecule has 0 saturated carbocycles. The van der Waals surface area contributed by atoms with E-state index < -0.39 is 0 Å². The number of hydrogen-bond donors (Lipinski definition) is 2. The summed E-state index contributed by atoms with van der Waals surface area (Å²) in [5.74, 6) is 1.72. The van der Waals surface area contributed by atoms with Gasteiger partial charge in [0.1, 0.15) is 13.2 Å². The summed E-state index contributed by atoms with van der Waals surface area (Å²) in [6, 6.07) is 6.13. The predicted molar refractivity (Wildman–Crippen MR) is 72.3 cm³/mol. The number of rotatable bonds is 7. The van der Waals surface area contributed by atoms with Gasteiger partial charge in [0.15, 0.2) is 11.5 Å². The van der Waals surface area contributed by atoms with Crippen molar-refractivity contribution in [1.82, 2.24) is 10.6 Å². The second-order valence-corrected chi connectivity index (χ2v) is 4.40. The molecule has 1 aromatic carbocycles. The van der Waals surface area contributed by atoms with Crippen LogP contribution in [0.25, 0.3) is 0 Å². The molecule has 0 saturated heterocycles. The smallest absolute Gasteiger partial charge is 0.161 e. The molecule has 2 N–H and O–H groups in total. The van der Waals surface area contributed by atoms with Gasteiger partial charge in [-0.05, 0) is 30.7 Å². The first-order valence-corrected chi connectivity index (χ1v) is 6.70. The molecular formula is C14H22N2O2. The zero-order valence-electron chi connectivity index (χ0n) is 11.0. The number of benzene rings is 1. The summed E-state index contributed by atoms with van der Waals surface area (Å²) in [7, 11) is 0. The zero-order valence-corrected chi connectivity index (χ0v) is 11.0. The van der Waals surface area contributed by atoms with Gasteiger partial charge < -0.3 is 20.1 Å². The van der Waals surface area contributed by atoms with Crippen LogP contribution >= 0.6 is 0 Å². The second-order valence-electron chi connectivity index (χ2n) is 4.40.